The largest absolute Gasteiger partial charge is 0.282 e. The molecule has 1 heterocycles. The van der Waals surface area contributed by atoms with Crippen molar-refractivity contribution in [1.29, 1.82) is 0 Å². The van der Waals surface area contributed by atoms with Crippen molar-refractivity contribution in [3.05, 3.63) is 70.8 Å². The summed E-state index contributed by atoms with van der Waals surface area (Å²) in [5, 5.41) is 0. The Morgan fingerprint density at radius 1 is 0.958 bits per heavy atom. The lowest BCUT2D eigenvalue weighted by atomic mass is 9.54. The number of carbonyl (C=O) groups is 2. The standard InChI is InChI=1S/C20H16ClNO2/c1-2-22-18(23)16-15-11-7-3-5-9-13(11)20(21,17(16)19(22)24)14-10-6-4-8-12(14)15/h3-10,15-17H,2H2,1H3/t15?,16-,17-,20?/m1/s1. The van der Waals surface area contributed by atoms with E-state index in [1.807, 2.05) is 43.3 Å². The van der Waals surface area contributed by atoms with Gasteiger partial charge in [-0.05, 0) is 29.2 Å². The van der Waals surface area contributed by atoms with E-state index >= 15 is 0 Å². The molecule has 2 atom stereocenters. The minimum Gasteiger partial charge on any atom is -0.282 e. The number of hydrogen-bond acceptors (Lipinski definition) is 2. The monoisotopic (exact) mass is 337 g/mol. The first-order valence-electron chi connectivity index (χ1n) is 8.33. The molecule has 1 saturated heterocycles. The summed E-state index contributed by atoms with van der Waals surface area (Å²) in [6, 6.07) is 16.0. The molecular weight excluding hydrogens is 322 g/mol. The Bertz CT molecular complexity index is 859. The number of amides is 2. The van der Waals surface area contributed by atoms with E-state index in [9.17, 15) is 9.59 Å². The maximum Gasteiger partial charge on any atom is 0.235 e. The minimum atomic E-state index is -0.955. The third-order valence-corrected chi connectivity index (χ3v) is 6.56. The van der Waals surface area contributed by atoms with Crippen molar-refractivity contribution in [3.8, 4) is 0 Å². The normalized spacial score (nSPS) is 32.6. The smallest absolute Gasteiger partial charge is 0.235 e. The average Bonchev–Trinajstić information content (AvgIpc) is 2.87. The number of nitrogens with zero attached hydrogens (tertiary/aromatic N) is 1. The molecule has 24 heavy (non-hydrogen) atoms. The maximum absolute atomic E-state index is 13.0. The average molecular weight is 338 g/mol. The number of alkyl halides is 1. The molecule has 1 aliphatic heterocycles. The molecule has 6 rings (SSSR count). The lowest BCUT2D eigenvalue weighted by Gasteiger charge is -2.50. The molecule has 2 amide bonds. The zero-order valence-electron chi connectivity index (χ0n) is 13.2. The molecule has 2 aromatic rings. The van der Waals surface area contributed by atoms with Crippen LogP contribution in [0.4, 0.5) is 0 Å². The molecule has 0 aromatic heterocycles. The predicted octanol–water partition coefficient (Wildman–Crippen LogP) is 3.25. The van der Waals surface area contributed by atoms with E-state index in [1.165, 1.54) is 4.90 Å². The van der Waals surface area contributed by atoms with Crippen molar-refractivity contribution in [2.45, 2.75) is 17.7 Å². The van der Waals surface area contributed by atoms with Crippen LogP contribution in [0, 0.1) is 11.8 Å². The first-order chi connectivity index (χ1) is 11.6. The fourth-order valence-electron chi connectivity index (χ4n) is 5.05. The van der Waals surface area contributed by atoms with Crippen molar-refractivity contribution in [1.82, 2.24) is 4.90 Å². The number of likely N-dealkylation sites (tertiary alicyclic amines) is 1. The number of hydrogen-bond donors (Lipinski definition) is 0. The van der Waals surface area contributed by atoms with Crippen LogP contribution >= 0.6 is 11.6 Å². The van der Waals surface area contributed by atoms with E-state index in [4.69, 9.17) is 11.6 Å². The SMILES string of the molecule is CCN1C(=O)[C@@H]2C3c4ccccc4C(Cl)(c4ccccc43)[C@H]2C1=O. The lowest BCUT2D eigenvalue weighted by Crippen LogP contribution is -2.50. The third-order valence-electron chi connectivity index (χ3n) is 5.92. The van der Waals surface area contributed by atoms with Crippen molar-refractivity contribution >= 4 is 23.4 Å². The fraction of sp³-hybridized carbons (Fsp3) is 0.300. The summed E-state index contributed by atoms with van der Waals surface area (Å²) in [7, 11) is 0. The number of halogens is 1. The lowest BCUT2D eigenvalue weighted by molar-refractivity contribution is -0.139. The highest BCUT2D eigenvalue weighted by atomic mass is 35.5. The van der Waals surface area contributed by atoms with Crippen molar-refractivity contribution in [2.75, 3.05) is 6.54 Å². The van der Waals surface area contributed by atoms with Gasteiger partial charge in [-0.1, -0.05) is 48.5 Å². The molecule has 3 nitrogen and oxygen atoms in total. The second-order valence-electron chi connectivity index (χ2n) is 6.79. The number of carbonyl (C=O) groups excluding carboxylic acids is 2. The van der Waals surface area contributed by atoms with Gasteiger partial charge in [-0.3, -0.25) is 14.5 Å². The molecule has 0 N–H and O–H groups in total. The van der Waals surface area contributed by atoms with Gasteiger partial charge in [0, 0.05) is 12.5 Å². The zero-order chi connectivity index (χ0) is 16.6. The van der Waals surface area contributed by atoms with Gasteiger partial charge in [0.25, 0.3) is 0 Å². The first-order valence-corrected chi connectivity index (χ1v) is 8.71. The quantitative estimate of drug-likeness (QED) is 0.591. The van der Waals surface area contributed by atoms with Gasteiger partial charge in [-0.15, -0.1) is 11.6 Å². The zero-order valence-corrected chi connectivity index (χ0v) is 14.0. The van der Waals surface area contributed by atoms with Gasteiger partial charge in [-0.2, -0.15) is 0 Å². The summed E-state index contributed by atoms with van der Waals surface area (Å²) in [6.07, 6.45) is 0. The highest BCUT2D eigenvalue weighted by Crippen LogP contribution is 2.65. The Morgan fingerprint density at radius 2 is 1.50 bits per heavy atom. The summed E-state index contributed by atoms with van der Waals surface area (Å²) in [5.74, 6) is -1.19. The molecule has 0 radical (unpaired) electrons. The van der Waals surface area contributed by atoms with Crippen molar-refractivity contribution in [3.63, 3.8) is 0 Å². The Kier molecular flexibility index (Phi) is 2.66. The van der Waals surface area contributed by atoms with E-state index in [0.717, 1.165) is 22.3 Å². The Labute approximate surface area is 145 Å². The molecule has 2 bridgehead atoms. The van der Waals surface area contributed by atoms with Gasteiger partial charge in [-0.25, -0.2) is 0 Å². The fourth-order valence-corrected chi connectivity index (χ4v) is 5.62. The van der Waals surface area contributed by atoms with Crippen LogP contribution in [0.15, 0.2) is 48.5 Å². The second-order valence-corrected chi connectivity index (χ2v) is 7.38. The maximum atomic E-state index is 13.0. The van der Waals surface area contributed by atoms with Crippen LogP contribution < -0.4 is 0 Å². The van der Waals surface area contributed by atoms with Crippen LogP contribution in [0.3, 0.4) is 0 Å². The van der Waals surface area contributed by atoms with Crippen LogP contribution in [-0.2, 0) is 14.5 Å². The highest BCUT2D eigenvalue weighted by molar-refractivity contribution is 6.30. The number of imide groups is 1. The van der Waals surface area contributed by atoms with Gasteiger partial charge in [0.15, 0.2) is 0 Å². The molecule has 2 aromatic carbocycles. The predicted molar refractivity (Wildman–Crippen MR) is 90.7 cm³/mol. The molecule has 0 saturated carbocycles. The molecule has 0 unspecified atom stereocenters. The number of benzene rings is 2. The van der Waals surface area contributed by atoms with E-state index in [-0.39, 0.29) is 23.7 Å². The summed E-state index contributed by atoms with van der Waals surface area (Å²) in [5.41, 5.74) is 4.14. The second kappa shape index (κ2) is 4.48. The Balaban J connectivity index is 1.88. The van der Waals surface area contributed by atoms with E-state index in [0.29, 0.717) is 6.54 Å². The molecule has 4 heteroatoms. The van der Waals surface area contributed by atoms with Gasteiger partial charge < -0.3 is 0 Å². The van der Waals surface area contributed by atoms with Gasteiger partial charge >= 0.3 is 0 Å². The summed E-state index contributed by atoms with van der Waals surface area (Å²) in [4.78, 5) is 26.4. The minimum absolute atomic E-state index is 0.0773. The first kappa shape index (κ1) is 14.2. The van der Waals surface area contributed by atoms with Gasteiger partial charge in [0.2, 0.25) is 11.8 Å². The van der Waals surface area contributed by atoms with E-state index in [2.05, 4.69) is 12.1 Å². The molecule has 3 aliphatic carbocycles. The van der Waals surface area contributed by atoms with Gasteiger partial charge in [0.1, 0.15) is 4.87 Å². The van der Waals surface area contributed by atoms with E-state index in [1.54, 1.807) is 0 Å². The van der Waals surface area contributed by atoms with E-state index < -0.39 is 10.8 Å². The Hall–Kier alpha value is -2.13. The van der Waals surface area contributed by atoms with Crippen LogP contribution in [0.25, 0.3) is 0 Å². The van der Waals surface area contributed by atoms with Crippen LogP contribution in [0.5, 0.6) is 0 Å². The summed E-state index contributed by atoms with van der Waals surface area (Å²) < 4.78 is 0. The van der Waals surface area contributed by atoms with Crippen LogP contribution in [0.1, 0.15) is 35.1 Å². The molecular formula is C20H16ClNO2. The van der Waals surface area contributed by atoms with Crippen molar-refractivity contribution < 1.29 is 9.59 Å². The highest BCUT2D eigenvalue weighted by Gasteiger charge is 2.67. The molecule has 1 fully saturated rings. The van der Waals surface area contributed by atoms with Crippen molar-refractivity contribution in [2.24, 2.45) is 11.8 Å². The summed E-state index contributed by atoms with van der Waals surface area (Å²) in [6.45, 7) is 2.24. The topological polar surface area (TPSA) is 37.4 Å². The molecule has 4 aliphatic rings. The van der Waals surface area contributed by atoms with Crippen LogP contribution in [-0.4, -0.2) is 23.3 Å². The van der Waals surface area contributed by atoms with Crippen LogP contribution in [0.2, 0.25) is 0 Å². The third kappa shape index (κ3) is 1.37. The Morgan fingerprint density at radius 3 is 2.04 bits per heavy atom. The number of rotatable bonds is 1. The van der Waals surface area contributed by atoms with Gasteiger partial charge in [0.05, 0.1) is 11.8 Å². The summed E-state index contributed by atoms with van der Waals surface area (Å²) >= 11 is 7.24. The molecule has 0 spiro atoms. The molecule has 120 valence electrons.